The number of aliphatic hydroxyl groups excluding tert-OH is 4. The van der Waals surface area contributed by atoms with Crippen LogP contribution >= 0.6 is 0 Å². The van der Waals surface area contributed by atoms with E-state index < -0.39 is 12.1 Å². The highest BCUT2D eigenvalue weighted by Crippen LogP contribution is 2.11. The monoisotopic (exact) mass is 371 g/mol. The Kier molecular flexibility index (Phi) is 9.94. The third-order valence-electron chi connectivity index (χ3n) is 3.30. The van der Waals surface area contributed by atoms with Gasteiger partial charge in [-0.15, -0.1) is 0 Å². The molecule has 0 aliphatic carbocycles. The van der Waals surface area contributed by atoms with E-state index >= 15 is 0 Å². The molecule has 0 spiro atoms. The number of hydrogen-bond acceptors (Lipinski definition) is 7. The average molecular weight is 371 g/mol. The van der Waals surface area contributed by atoms with E-state index in [2.05, 4.69) is 15.6 Å². The highest BCUT2D eigenvalue weighted by Gasteiger charge is 2.14. The molecule has 1 aromatic rings. The van der Waals surface area contributed by atoms with E-state index in [-0.39, 0.29) is 58.4 Å². The van der Waals surface area contributed by atoms with Crippen LogP contribution in [0.15, 0.2) is 18.3 Å². The van der Waals surface area contributed by atoms with Crippen LogP contribution in [0.4, 0.5) is 21.1 Å². The van der Waals surface area contributed by atoms with Crippen LogP contribution in [0, 0.1) is 0 Å². The van der Waals surface area contributed by atoms with Crippen molar-refractivity contribution in [2.24, 2.45) is 0 Å². The number of pyridine rings is 1. The zero-order valence-corrected chi connectivity index (χ0v) is 14.3. The molecule has 11 heteroatoms. The predicted molar refractivity (Wildman–Crippen MR) is 93.8 cm³/mol. The summed E-state index contributed by atoms with van der Waals surface area (Å²) >= 11 is 0. The Labute approximate surface area is 150 Å². The molecule has 0 aliphatic heterocycles. The fourth-order valence-corrected chi connectivity index (χ4v) is 2.05. The number of carbonyl (C=O) groups excluding carboxylic acids is 2. The molecule has 0 unspecified atom stereocenters. The maximum atomic E-state index is 12.0. The van der Waals surface area contributed by atoms with Gasteiger partial charge in [-0.2, -0.15) is 0 Å². The molecule has 0 aliphatic rings. The highest BCUT2D eigenvalue weighted by atomic mass is 16.3. The van der Waals surface area contributed by atoms with Gasteiger partial charge in [0.05, 0.1) is 38.3 Å². The Morgan fingerprint density at radius 3 is 1.65 bits per heavy atom. The summed E-state index contributed by atoms with van der Waals surface area (Å²) < 4.78 is 0. The lowest BCUT2D eigenvalue weighted by Gasteiger charge is -2.21. The first-order valence-corrected chi connectivity index (χ1v) is 8.07. The fourth-order valence-electron chi connectivity index (χ4n) is 2.05. The van der Waals surface area contributed by atoms with E-state index in [1.807, 2.05) is 0 Å². The van der Waals surface area contributed by atoms with Crippen molar-refractivity contribution in [2.45, 2.75) is 0 Å². The van der Waals surface area contributed by atoms with Crippen molar-refractivity contribution in [1.29, 1.82) is 0 Å². The quantitative estimate of drug-likeness (QED) is 0.299. The van der Waals surface area contributed by atoms with Crippen LogP contribution in [0.25, 0.3) is 0 Å². The number of urea groups is 2. The normalized spacial score (nSPS) is 10.3. The second-order valence-corrected chi connectivity index (χ2v) is 5.16. The van der Waals surface area contributed by atoms with E-state index in [9.17, 15) is 9.59 Å². The zero-order valence-electron chi connectivity index (χ0n) is 14.3. The van der Waals surface area contributed by atoms with Crippen LogP contribution in [0.3, 0.4) is 0 Å². The molecule has 1 rings (SSSR count). The van der Waals surface area contributed by atoms with Crippen LogP contribution < -0.4 is 10.6 Å². The van der Waals surface area contributed by atoms with E-state index in [0.717, 1.165) is 0 Å². The Hall–Kier alpha value is -2.47. The van der Waals surface area contributed by atoms with Crippen LogP contribution in [-0.4, -0.2) is 99.9 Å². The van der Waals surface area contributed by atoms with Gasteiger partial charge in [0.2, 0.25) is 0 Å². The largest absolute Gasteiger partial charge is 0.395 e. The molecule has 0 aromatic carbocycles. The Morgan fingerprint density at radius 2 is 1.27 bits per heavy atom. The van der Waals surface area contributed by atoms with Crippen molar-refractivity contribution in [1.82, 2.24) is 14.8 Å². The first kappa shape index (κ1) is 21.6. The smallest absolute Gasteiger partial charge is 0.323 e. The van der Waals surface area contributed by atoms with Crippen molar-refractivity contribution in [3.63, 3.8) is 0 Å². The minimum absolute atomic E-state index is 0.0755. The molecule has 26 heavy (non-hydrogen) atoms. The summed E-state index contributed by atoms with van der Waals surface area (Å²) in [5.41, 5.74) is 0.372. The molecule has 0 atom stereocenters. The van der Waals surface area contributed by atoms with Crippen molar-refractivity contribution < 1.29 is 30.0 Å². The molecule has 0 bridgehead atoms. The SMILES string of the molecule is O=C(Nc1ccc(NC(=O)N(CCO)CCO)nc1)N(CCO)CCO. The maximum Gasteiger partial charge on any atom is 0.323 e. The van der Waals surface area contributed by atoms with Gasteiger partial charge in [0.15, 0.2) is 0 Å². The first-order valence-electron chi connectivity index (χ1n) is 8.07. The van der Waals surface area contributed by atoms with Gasteiger partial charge in [0.25, 0.3) is 0 Å². The summed E-state index contributed by atoms with van der Waals surface area (Å²) in [6.45, 7) is -0.602. The third kappa shape index (κ3) is 7.19. The van der Waals surface area contributed by atoms with Gasteiger partial charge < -0.3 is 35.5 Å². The Bertz CT molecular complexity index is 495. The first-order chi connectivity index (χ1) is 12.5. The molecule has 1 heterocycles. The number of nitrogens with one attached hydrogen (secondary N) is 2. The van der Waals surface area contributed by atoms with E-state index in [0.29, 0.717) is 5.69 Å². The van der Waals surface area contributed by atoms with Gasteiger partial charge in [0.1, 0.15) is 5.82 Å². The minimum atomic E-state index is -0.519. The second kappa shape index (κ2) is 12.0. The predicted octanol–water partition coefficient (Wildman–Crippen LogP) is -1.28. The van der Waals surface area contributed by atoms with Gasteiger partial charge in [-0.3, -0.25) is 5.32 Å². The molecule has 0 saturated heterocycles. The summed E-state index contributed by atoms with van der Waals surface area (Å²) in [5, 5.41) is 40.8. The summed E-state index contributed by atoms with van der Waals surface area (Å²) in [6, 6.07) is 1.99. The van der Waals surface area contributed by atoms with Crippen LogP contribution in [0.5, 0.6) is 0 Å². The van der Waals surface area contributed by atoms with Crippen molar-refractivity contribution in [3.8, 4) is 0 Å². The molecule has 4 amide bonds. The molecule has 146 valence electrons. The van der Waals surface area contributed by atoms with Crippen molar-refractivity contribution in [2.75, 3.05) is 63.2 Å². The summed E-state index contributed by atoms with van der Waals surface area (Å²) in [7, 11) is 0. The van der Waals surface area contributed by atoms with Gasteiger partial charge in [-0.1, -0.05) is 0 Å². The fraction of sp³-hybridized carbons (Fsp3) is 0.533. The summed E-state index contributed by atoms with van der Waals surface area (Å²) in [4.78, 5) is 30.5. The topological polar surface area (TPSA) is 158 Å². The maximum absolute atomic E-state index is 12.0. The Balaban J connectivity index is 2.64. The number of aliphatic hydroxyl groups is 4. The van der Waals surface area contributed by atoms with Gasteiger partial charge in [0, 0.05) is 26.2 Å². The molecule has 1 aromatic heterocycles. The zero-order chi connectivity index (χ0) is 19.4. The molecule has 0 saturated carbocycles. The number of nitrogens with zero attached hydrogens (tertiary/aromatic N) is 3. The number of aromatic nitrogens is 1. The molecule has 6 N–H and O–H groups in total. The van der Waals surface area contributed by atoms with Crippen LogP contribution in [0.1, 0.15) is 0 Å². The number of amides is 4. The molecule has 0 radical (unpaired) electrons. The molecular formula is C15H25N5O6. The standard InChI is InChI=1S/C15H25N5O6/c21-7-3-19(4-8-22)14(25)17-12-1-2-13(16-11-12)18-15(26)20(5-9-23)6-10-24/h1-2,11,21-24H,3-10H2,(H,17,25)(H,16,18,26). The Morgan fingerprint density at radius 1 is 0.808 bits per heavy atom. The van der Waals surface area contributed by atoms with Crippen molar-refractivity contribution >= 4 is 23.6 Å². The minimum Gasteiger partial charge on any atom is -0.395 e. The van der Waals surface area contributed by atoms with E-state index in [1.165, 1.54) is 28.1 Å². The molecular weight excluding hydrogens is 346 g/mol. The third-order valence-corrected chi connectivity index (χ3v) is 3.30. The average Bonchev–Trinajstić information content (AvgIpc) is 2.63. The number of anilines is 2. The number of rotatable bonds is 10. The number of hydrogen-bond donors (Lipinski definition) is 6. The second-order valence-electron chi connectivity index (χ2n) is 5.16. The summed E-state index contributed by atoms with van der Waals surface area (Å²) in [6.07, 6.45) is 1.34. The van der Waals surface area contributed by atoms with Crippen LogP contribution in [0.2, 0.25) is 0 Å². The number of carbonyl (C=O) groups is 2. The summed E-state index contributed by atoms with van der Waals surface area (Å²) in [5.74, 6) is 0.233. The lowest BCUT2D eigenvalue weighted by atomic mass is 10.4. The molecule has 11 nitrogen and oxygen atoms in total. The van der Waals surface area contributed by atoms with Gasteiger partial charge in [-0.05, 0) is 12.1 Å². The van der Waals surface area contributed by atoms with E-state index in [1.54, 1.807) is 0 Å². The van der Waals surface area contributed by atoms with Crippen LogP contribution in [-0.2, 0) is 0 Å². The van der Waals surface area contributed by atoms with Gasteiger partial charge >= 0.3 is 12.1 Å². The highest BCUT2D eigenvalue weighted by molar-refractivity contribution is 5.90. The van der Waals surface area contributed by atoms with Crippen molar-refractivity contribution in [3.05, 3.63) is 18.3 Å². The van der Waals surface area contributed by atoms with E-state index in [4.69, 9.17) is 20.4 Å². The van der Waals surface area contributed by atoms with Gasteiger partial charge in [-0.25, -0.2) is 14.6 Å². The molecule has 0 fully saturated rings. The lowest BCUT2D eigenvalue weighted by molar-refractivity contribution is 0.167. The lowest BCUT2D eigenvalue weighted by Crippen LogP contribution is -2.39.